The summed E-state index contributed by atoms with van der Waals surface area (Å²) >= 11 is 1.32. The first-order chi connectivity index (χ1) is 16.5. The normalized spacial score (nSPS) is 10.7. The van der Waals surface area contributed by atoms with Gasteiger partial charge in [0.15, 0.2) is 11.0 Å². The molecule has 4 rings (SSSR count). The number of methoxy groups -OCH3 is 1. The van der Waals surface area contributed by atoms with Gasteiger partial charge >= 0.3 is 0 Å². The summed E-state index contributed by atoms with van der Waals surface area (Å²) in [5.74, 6) is 2.21. The number of nitrogens with one attached hydrogen (secondary N) is 1. The number of thioether (sulfide) groups is 1. The van der Waals surface area contributed by atoms with Gasteiger partial charge in [0.2, 0.25) is 5.91 Å². The molecular weight excluding hydrogens is 448 g/mol. The average molecular weight is 475 g/mol. The van der Waals surface area contributed by atoms with E-state index in [0.717, 1.165) is 34.0 Å². The second-order valence-corrected chi connectivity index (χ2v) is 8.63. The second-order valence-electron chi connectivity index (χ2n) is 7.69. The van der Waals surface area contributed by atoms with E-state index in [9.17, 15) is 4.79 Å². The molecule has 1 heterocycles. The molecular formula is C26H26N4O3S. The van der Waals surface area contributed by atoms with E-state index in [1.807, 2.05) is 91.2 Å². The number of hydrogen-bond acceptors (Lipinski definition) is 6. The summed E-state index contributed by atoms with van der Waals surface area (Å²) in [7, 11) is 1.63. The smallest absolute Gasteiger partial charge is 0.234 e. The molecule has 8 heteroatoms. The Bertz CT molecular complexity index is 1260. The van der Waals surface area contributed by atoms with Crippen LogP contribution in [0.4, 0.5) is 5.69 Å². The maximum Gasteiger partial charge on any atom is 0.234 e. The maximum absolute atomic E-state index is 12.6. The molecule has 0 saturated carbocycles. The number of carbonyl (C=O) groups is 1. The molecule has 4 aromatic rings. The predicted octanol–water partition coefficient (Wildman–Crippen LogP) is 5.20. The lowest BCUT2D eigenvalue weighted by atomic mass is 10.1. The van der Waals surface area contributed by atoms with Crippen LogP contribution in [-0.2, 0) is 11.4 Å². The highest BCUT2D eigenvalue weighted by atomic mass is 32.2. The number of aromatic nitrogens is 3. The molecule has 3 aromatic carbocycles. The van der Waals surface area contributed by atoms with Gasteiger partial charge in [-0.25, -0.2) is 0 Å². The molecule has 1 aromatic heterocycles. The van der Waals surface area contributed by atoms with Gasteiger partial charge in [-0.1, -0.05) is 47.7 Å². The van der Waals surface area contributed by atoms with Crippen LogP contribution >= 0.6 is 11.8 Å². The van der Waals surface area contributed by atoms with Gasteiger partial charge in [0.1, 0.15) is 18.1 Å². The third-order valence-corrected chi connectivity index (χ3v) is 6.06. The fourth-order valence-electron chi connectivity index (χ4n) is 3.41. The first kappa shape index (κ1) is 23.4. The first-order valence-electron chi connectivity index (χ1n) is 10.8. The molecule has 1 N–H and O–H groups in total. The Balaban J connectivity index is 1.52. The number of nitrogens with zero attached hydrogens (tertiary/aromatic N) is 3. The SMILES string of the molecule is COc1ccc(-n2c(COc3ccccc3)nnc2SCC(=O)Nc2ccc(C)cc2C)cc1. The van der Waals surface area contributed by atoms with E-state index < -0.39 is 0 Å². The van der Waals surface area contributed by atoms with Crippen LogP contribution in [0.15, 0.2) is 78.0 Å². The number of benzene rings is 3. The minimum atomic E-state index is -0.108. The summed E-state index contributed by atoms with van der Waals surface area (Å²) in [6.07, 6.45) is 0. The third kappa shape index (κ3) is 5.77. The molecule has 0 saturated heterocycles. The van der Waals surface area contributed by atoms with Crippen molar-refractivity contribution in [2.24, 2.45) is 0 Å². The average Bonchev–Trinajstić information content (AvgIpc) is 3.26. The highest BCUT2D eigenvalue weighted by molar-refractivity contribution is 7.99. The Morgan fingerprint density at radius 1 is 0.971 bits per heavy atom. The molecule has 0 atom stereocenters. The van der Waals surface area contributed by atoms with Gasteiger partial charge in [-0.05, 0) is 61.9 Å². The molecule has 0 aliphatic rings. The summed E-state index contributed by atoms with van der Waals surface area (Å²) in [4.78, 5) is 12.6. The summed E-state index contributed by atoms with van der Waals surface area (Å²) in [5, 5.41) is 12.3. The molecule has 1 amide bonds. The molecule has 0 unspecified atom stereocenters. The van der Waals surface area contributed by atoms with Crippen molar-refractivity contribution in [2.45, 2.75) is 25.6 Å². The van der Waals surface area contributed by atoms with Crippen LogP contribution in [0.3, 0.4) is 0 Å². The molecule has 0 radical (unpaired) electrons. The van der Waals surface area contributed by atoms with Crippen molar-refractivity contribution in [2.75, 3.05) is 18.2 Å². The van der Waals surface area contributed by atoms with E-state index in [2.05, 4.69) is 15.5 Å². The number of amides is 1. The Kier molecular flexibility index (Phi) is 7.49. The van der Waals surface area contributed by atoms with Crippen molar-refractivity contribution in [1.29, 1.82) is 0 Å². The van der Waals surface area contributed by atoms with Crippen LogP contribution in [0.5, 0.6) is 11.5 Å². The van der Waals surface area contributed by atoms with Crippen LogP contribution in [-0.4, -0.2) is 33.5 Å². The molecule has 0 aliphatic heterocycles. The van der Waals surface area contributed by atoms with E-state index in [0.29, 0.717) is 11.0 Å². The van der Waals surface area contributed by atoms with Crippen molar-refractivity contribution in [1.82, 2.24) is 14.8 Å². The maximum atomic E-state index is 12.6. The van der Waals surface area contributed by atoms with Gasteiger partial charge in [0.05, 0.1) is 12.9 Å². The van der Waals surface area contributed by atoms with Crippen LogP contribution in [0, 0.1) is 13.8 Å². The molecule has 0 aliphatic carbocycles. The van der Waals surface area contributed by atoms with E-state index in [1.54, 1.807) is 7.11 Å². The second kappa shape index (κ2) is 10.9. The lowest BCUT2D eigenvalue weighted by molar-refractivity contribution is -0.113. The molecule has 0 bridgehead atoms. The summed E-state index contributed by atoms with van der Waals surface area (Å²) in [6.45, 7) is 4.24. The zero-order chi connectivity index (χ0) is 23.9. The zero-order valence-corrected chi connectivity index (χ0v) is 20.1. The molecule has 174 valence electrons. The number of hydrogen-bond donors (Lipinski definition) is 1. The standard InChI is InChI=1S/C26H26N4O3S/c1-18-9-14-23(19(2)15-18)27-25(31)17-34-26-29-28-24(16-33-22-7-5-4-6-8-22)30(26)20-10-12-21(32-3)13-11-20/h4-15H,16-17H2,1-3H3,(H,27,31). The highest BCUT2D eigenvalue weighted by Gasteiger charge is 2.17. The topological polar surface area (TPSA) is 78.3 Å². The van der Waals surface area contributed by atoms with Crippen LogP contribution in [0.1, 0.15) is 17.0 Å². The lowest BCUT2D eigenvalue weighted by Gasteiger charge is -2.12. The Hall–Kier alpha value is -3.78. The highest BCUT2D eigenvalue weighted by Crippen LogP contribution is 2.25. The number of rotatable bonds is 9. The fraction of sp³-hybridized carbons (Fsp3) is 0.192. The number of aryl methyl sites for hydroxylation is 2. The summed E-state index contributed by atoms with van der Waals surface area (Å²) in [6, 6.07) is 23.1. The van der Waals surface area contributed by atoms with Crippen LogP contribution in [0.2, 0.25) is 0 Å². The summed E-state index contributed by atoms with van der Waals surface area (Å²) in [5.41, 5.74) is 3.85. The van der Waals surface area contributed by atoms with Crippen LogP contribution < -0.4 is 14.8 Å². The van der Waals surface area contributed by atoms with Crippen molar-refractivity contribution in [3.8, 4) is 17.2 Å². The van der Waals surface area contributed by atoms with Crippen molar-refractivity contribution in [3.05, 3.63) is 89.7 Å². The number of carbonyl (C=O) groups excluding carboxylic acids is 1. The van der Waals surface area contributed by atoms with E-state index in [-0.39, 0.29) is 18.3 Å². The van der Waals surface area contributed by atoms with Crippen molar-refractivity contribution < 1.29 is 14.3 Å². The van der Waals surface area contributed by atoms with Gasteiger partial charge in [-0.15, -0.1) is 10.2 Å². The largest absolute Gasteiger partial charge is 0.497 e. The van der Waals surface area contributed by atoms with Gasteiger partial charge < -0.3 is 14.8 Å². The zero-order valence-electron chi connectivity index (χ0n) is 19.3. The van der Waals surface area contributed by atoms with Crippen molar-refractivity contribution in [3.63, 3.8) is 0 Å². The number of anilines is 1. The fourth-order valence-corrected chi connectivity index (χ4v) is 4.18. The van der Waals surface area contributed by atoms with Crippen molar-refractivity contribution >= 4 is 23.4 Å². The van der Waals surface area contributed by atoms with Crippen LogP contribution in [0.25, 0.3) is 5.69 Å². The Labute approximate surface area is 203 Å². The number of para-hydroxylation sites is 1. The summed E-state index contributed by atoms with van der Waals surface area (Å²) < 4.78 is 13.1. The lowest BCUT2D eigenvalue weighted by Crippen LogP contribution is -2.15. The Morgan fingerprint density at radius 3 is 2.44 bits per heavy atom. The van der Waals surface area contributed by atoms with E-state index in [4.69, 9.17) is 9.47 Å². The van der Waals surface area contributed by atoms with Gasteiger partial charge in [-0.3, -0.25) is 9.36 Å². The predicted molar refractivity (Wildman–Crippen MR) is 134 cm³/mol. The molecule has 7 nitrogen and oxygen atoms in total. The molecule has 0 spiro atoms. The quantitative estimate of drug-likeness (QED) is 0.336. The third-order valence-electron chi connectivity index (χ3n) is 5.13. The monoisotopic (exact) mass is 474 g/mol. The van der Waals surface area contributed by atoms with E-state index >= 15 is 0 Å². The van der Waals surface area contributed by atoms with E-state index in [1.165, 1.54) is 11.8 Å². The number of ether oxygens (including phenoxy) is 2. The molecule has 0 fully saturated rings. The van der Waals surface area contributed by atoms with Gasteiger partial charge in [-0.2, -0.15) is 0 Å². The minimum absolute atomic E-state index is 0.108. The molecule has 34 heavy (non-hydrogen) atoms. The van der Waals surface area contributed by atoms with Gasteiger partial charge in [0, 0.05) is 11.4 Å². The first-order valence-corrected chi connectivity index (χ1v) is 11.8. The van der Waals surface area contributed by atoms with Gasteiger partial charge in [0.25, 0.3) is 0 Å². The minimum Gasteiger partial charge on any atom is -0.497 e. The Morgan fingerprint density at radius 2 is 1.74 bits per heavy atom.